The molecule has 2 aromatic carbocycles. The lowest BCUT2D eigenvalue weighted by atomic mass is 10.0. The highest BCUT2D eigenvalue weighted by atomic mass is 19.1. The van der Waals surface area contributed by atoms with Crippen LogP contribution >= 0.6 is 0 Å². The molecule has 0 radical (unpaired) electrons. The van der Waals surface area contributed by atoms with Crippen LogP contribution in [0.5, 0.6) is 0 Å². The van der Waals surface area contributed by atoms with E-state index >= 15 is 0 Å². The molecule has 0 unspecified atom stereocenters. The Labute approximate surface area is 164 Å². The molecule has 0 aromatic heterocycles. The normalized spacial score (nSPS) is 15.3. The van der Waals surface area contributed by atoms with Gasteiger partial charge in [-0.05, 0) is 88.3 Å². The lowest BCUT2D eigenvalue weighted by Gasteiger charge is -2.29. The molecule has 0 saturated carbocycles. The van der Waals surface area contributed by atoms with Crippen LogP contribution in [-0.2, 0) is 0 Å². The van der Waals surface area contributed by atoms with Crippen LogP contribution in [0.1, 0.15) is 44.7 Å². The van der Waals surface area contributed by atoms with Gasteiger partial charge in [0.2, 0.25) is 0 Å². The summed E-state index contributed by atoms with van der Waals surface area (Å²) in [5.74, 6) is -0.818. The van der Waals surface area contributed by atoms with E-state index in [9.17, 15) is 14.0 Å². The van der Waals surface area contributed by atoms with E-state index in [1.165, 1.54) is 18.2 Å². The van der Waals surface area contributed by atoms with E-state index in [1.807, 2.05) is 13.0 Å². The van der Waals surface area contributed by atoms with Crippen LogP contribution in [0.25, 0.3) is 0 Å². The Kier molecular flexibility index (Phi) is 6.09. The zero-order valence-corrected chi connectivity index (χ0v) is 16.5. The summed E-state index contributed by atoms with van der Waals surface area (Å²) >= 11 is 0. The first-order chi connectivity index (χ1) is 13.3. The first-order valence-corrected chi connectivity index (χ1v) is 9.51. The highest BCUT2D eigenvalue weighted by molar-refractivity contribution is 6.05. The van der Waals surface area contributed by atoms with Gasteiger partial charge in [-0.2, -0.15) is 0 Å². The standard InChI is InChI=1S/C22H26FN3O2/c1-14-4-5-17(21(27)24-18-8-10-26(3)11-9-18)13-20(14)25-22(28)16-6-7-19(23)15(2)12-16/h4-7,12-13,18H,8-11H2,1-3H3,(H,24,27)(H,25,28). The number of anilines is 1. The molecule has 3 rings (SSSR count). The fourth-order valence-electron chi connectivity index (χ4n) is 3.30. The van der Waals surface area contributed by atoms with Crippen molar-refractivity contribution in [2.45, 2.75) is 32.7 Å². The molecule has 148 valence electrons. The summed E-state index contributed by atoms with van der Waals surface area (Å²) in [6, 6.07) is 9.67. The van der Waals surface area contributed by atoms with Crippen LogP contribution in [-0.4, -0.2) is 42.9 Å². The van der Waals surface area contributed by atoms with Gasteiger partial charge in [-0.25, -0.2) is 4.39 Å². The minimum atomic E-state index is -0.347. The van der Waals surface area contributed by atoms with Crippen molar-refractivity contribution < 1.29 is 14.0 Å². The van der Waals surface area contributed by atoms with Crippen molar-refractivity contribution in [3.05, 3.63) is 64.5 Å². The van der Waals surface area contributed by atoms with Crippen molar-refractivity contribution in [3.63, 3.8) is 0 Å². The molecule has 0 atom stereocenters. The summed E-state index contributed by atoms with van der Waals surface area (Å²) < 4.78 is 13.4. The molecule has 1 fully saturated rings. The first kappa shape index (κ1) is 20.0. The maximum absolute atomic E-state index is 13.4. The fourth-order valence-corrected chi connectivity index (χ4v) is 3.30. The van der Waals surface area contributed by atoms with Gasteiger partial charge in [-0.15, -0.1) is 0 Å². The van der Waals surface area contributed by atoms with Crippen molar-refractivity contribution in [2.24, 2.45) is 0 Å². The lowest BCUT2D eigenvalue weighted by Crippen LogP contribution is -2.43. The second-order valence-corrected chi connectivity index (χ2v) is 7.50. The Bertz CT molecular complexity index is 889. The lowest BCUT2D eigenvalue weighted by molar-refractivity contribution is 0.0916. The average Bonchev–Trinajstić information content (AvgIpc) is 2.67. The number of halogens is 1. The molecular formula is C22H26FN3O2. The number of piperidine rings is 1. The van der Waals surface area contributed by atoms with Crippen LogP contribution in [0.2, 0.25) is 0 Å². The predicted octanol–water partition coefficient (Wildman–Crippen LogP) is 3.52. The van der Waals surface area contributed by atoms with Crippen molar-refractivity contribution in [1.29, 1.82) is 0 Å². The number of rotatable bonds is 4. The van der Waals surface area contributed by atoms with Crippen molar-refractivity contribution >= 4 is 17.5 Å². The highest BCUT2D eigenvalue weighted by Crippen LogP contribution is 2.19. The number of likely N-dealkylation sites (tertiary alicyclic amines) is 1. The molecule has 1 aliphatic heterocycles. The van der Waals surface area contributed by atoms with Crippen LogP contribution in [0.3, 0.4) is 0 Å². The number of hydrogen-bond acceptors (Lipinski definition) is 3. The number of nitrogens with one attached hydrogen (secondary N) is 2. The van der Waals surface area contributed by atoms with E-state index in [0.717, 1.165) is 31.5 Å². The van der Waals surface area contributed by atoms with Gasteiger partial charge in [0, 0.05) is 22.9 Å². The zero-order valence-electron chi connectivity index (χ0n) is 16.5. The molecule has 1 aliphatic rings. The Morgan fingerprint density at radius 2 is 1.61 bits per heavy atom. The molecule has 28 heavy (non-hydrogen) atoms. The first-order valence-electron chi connectivity index (χ1n) is 9.51. The molecule has 1 saturated heterocycles. The molecule has 1 heterocycles. The van der Waals surface area contributed by atoms with E-state index in [1.54, 1.807) is 19.1 Å². The average molecular weight is 383 g/mol. The Hall–Kier alpha value is -2.73. The van der Waals surface area contributed by atoms with E-state index < -0.39 is 0 Å². The highest BCUT2D eigenvalue weighted by Gasteiger charge is 2.19. The SMILES string of the molecule is Cc1cc(C(=O)Nc2cc(C(=O)NC3CCN(C)CC3)ccc2C)ccc1F. The quantitative estimate of drug-likeness (QED) is 0.849. The molecular weight excluding hydrogens is 357 g/mol. The number of aryl methyl sites for hydroxylation is 2. The third kappa shape index (κ3) is 4.75. The van der Waals surface area contributed by atoms with Gasteiger partial charge in [0.05, 0.1) is 0 Å². The third-order valence-electron chi connectivity index (χ3n) is 5.22. The van der Waals surface area contributed by atoms with Crippen LogP contribution in [0.4, 0.5) is 10.1 Å². The van der Waals surface area contributed by atoms with Crippen molar-refractivity contribution in [1.82, 2.24) is 10.2 Å². The second-order valence-electron chi connectivity index (χ2n) is 7.50. The van der Waals surface area contributed by atoms with E-state index in [4.69, 9.17) is 0 Å². The second kappa shape index (κ2) is 8.52. The number of benzene rings is 2. The fraction of sp³-hybridized carbons (Fsp3) is 0.364. The van der Waals surface area contributed by atoms with Gasteiger partial charge in [-0.1, -0.05) is 6.07 Å². The van der Waals surface area contributed by atoms with Crippen molar-refractivity contribution in [2.75, 3.05) is 25.5 Å². The predicted molar refractivity (Wildman–Crippen MR) is 108 cm³/mol. The molecule has 0 aliphatic carbocycles. The van der Waals surface area contributed by atoms with Gasteiger partial charge in [-0.3, -0.25) is 9.59 Å². The summed E-state index contributed by atoms with van der Waals surface area (Å²) in [5.41, 5.74) is 2.72. The van der Waals surface area contributed by atoms with Crippen LogP contribution in [0.15, 0.2) is 36.4 Å². The summed E-state index contributed by atoms with van der Waals surface area (Å²) in [7, 11) is 2.08. The molecule has 2 aromatic rings. The van der Waals surface area contributed by atoms with E-state index in [-0.39, 0.29) is 23.7 Å². The number of amides is 2. The summed E-state index contributed by atoms with van der Waals surface area (Å²) in [6.07, 6.45) is 1.86. The van der Waals surface area contributed by atoms with Crippen molar-refractivity contribution in [3.8, 4) is 0 Å². The van der Waals surface area contributed by atoms with Gasteiger partial charge in [0.15, 0.2) is 0 Å². The number of carbonyl (C=O) groups is 2. The van der Waals surface area contributed by atoms with Crippen LogP contribution < -0.4 is 10.6 Å². The minimum Gasteiger partial charge on any atom is -0.349 e. The Morgan fingerprint density at radius 3 is 2.29 bits per heavy atom. The molecule has 5 nitrogen and oxygen atoms in total. The Balaban J connectivity index is 1.71. The van der Waals surface area contributed by atoms with Gasteiger partial charge < -0.3 is 15.5 Å². The van der Waals surface area contributed by atoms with E-state index in [2.05, 4.69) is 22.6 Å². The Morgan fingerprint density at radius 1 is 0.964 bits per heavy atom. The minimum absolute atomic E-state index is 0.136. The number of nitrogens with zero attached hydrogens (tertiary/aromatic N) is 1. The van der Waals surface area contributed by atoms with Gasteiger partial charge >= 0.3 is 0 Å². The molecule has 0 spiro atoms. The summed E-state index contributed by atoms with van der Waals surface area (Å²) in [6.45, 7) is 5.42. The monoisotopic (exact) mass is 383 g/mol. The molecule has 2 amide bonds. The largest absolute Gasteiger partial charge is 0.349 e. The van der Waals surface area contributed by atoms with E-state index in [0.29, 0.717) is 22.4 Å². The molecule has 0 bridgehead atoms. The van der Waals surface area contributed by atoms with Gasteiger partial charge in [0.1, 0.15) is 5.82 Å². The topological polar surface area (TPSA) is 61.4 Å². The summed E-state index contributed by atoms with van der Waals surface area (Å²) in [4.78, 5) is 27.4. The maximum Gasteiger partial charge on any atom is 0.255 e. The zero-order chi connectivity index (χ0) is 20.3. The van der Waals surface area contributed by atoms with Crippen LogP contribution in [0, 0.1) is 19.7 Å². The van der Waals surface area contributed by atoms with Gasteiger partial charge in [0.25, 0.3) is 11.8 Å². The third-order valence-corrected chi connectivity index (χ3v) is 5.22. The molecule has 2 N–H and O–H groups in total. The maximum atomic E-state index is 13.4. The summed E-state index contributed by atoms with van der Waals surface area (Å²) in [5, 5.41) is 5.91. The number of hydrogen-bond donors (Lipinski definition) is 2. The number of carbonyl (C=O) groups excluding carboxylic acids is 2. The molecule has 6 heteroatoms. The smallest absolute Gasteiger partial charge is 0.255 e.